The van der Waals surface area contributed by atoms with Gasteiger partial charge in [0.25, 0.3) is 0 Å². The Labute approximate surface area is 191 Å². The molecule has 1 aromatic rings. The quantitative estimate of drug-likeness (QED) is 0.606. The Bertz CT molecular complexity index is 1070. The van der Waals surface area contributed by atoms with Crippen molar-refractivity contribution in [2.75, 3.05) is 19.7 Å². The van der Waals surface area contributed by atoms with Crippen LogP contribution in [-0.2, 0) is 4.84 Å². The highest BCUT2D eigenvalue weighted by Crippen LogP contribution is 2.49. The van der Waals surface area contributed by atoms with Gasteiger partial charge in [-0.3, -0.25) is 4.84 Å². The molecule has 2 heterocycles. The summed E-state index contributed by atoms with van der Waals surface area (Å²) in [6.45, 7) is 4.84. The van der Waals surface area contributed by atoms with Crippen molar-refractivity contribution in [2.45, 2.75) is 18.5 Å². The van der Waals surface area contributed by atoms with Crippen molar-refractivity contribution >= 4 is 0 Å². The SMILES string of the molecule is CC(c1ccccc1)N1OCC2CN(C3=CC=CC=CC=C3)CC21C1=CC=CC=CC=C1. The Morgan fingerprint density at radius 2 is 1.53 bits per heavy atom. The number of benzene rings is 1. The summed E-state index contributed by atoms with van der Waals surface area (Å²) in [5.74, 6) is 0.376. The maximum absolute atomic E-state index is 6.47. The molecule has 0 aromatic heterocycles. The van der Waals surface area contributed by atoms with Crippen LogP contribution in [0.5, 0.6) is 0 Å². The van der Waals surface area contributed by atoms with Crippen LogP contribution in [0.25, 0.3) is 0 Å². The summed E-state index contributed by atoms with van der Waals surface area (Å²) in [6, 6.07) is 10.8. The van der Waals surface area contributed by atoms with Crippen LogP contribution in [0.4, 0.5) is 0 Å². The summed E-state index contributed by atoms with van der Waals surface area (Å²) in [6.07, 6.45) is 30.0. The zero-order chi connectivity index (χ0) is 21.8. The minimum Gasteiger partial charge on any atom is -0.369 e. The van der Waals surface area contributed by atoms with Crippen molar-refractivity contribution < 1.29 is 4.84 Å². The van der Waals surface area contributed by atoms with Crippen LogP contribution in [0.2, 0.25) is 0 Å². The van der Waals surface area contributed by atoms with E-state index in [1.54, 1.807) is 0 Å². The van der Waals surface area contributed by atoms with E-state index in [0.717, 1.165) is 19.7 Å². The first-order chi connectivity index (χ1) is 15.8. The predicted octanol–water partition coefficient (Wildman–Crippen LogP) is 5.84. The van der Waals surface area contributed by atoms with Crippen LogP contribution >= 0.6 is 0 Å². The van der Waals surface area contributed by atoms with E-state index in [9.17, 15) is 0 Å². The Morgan fingerprint density at radius 1 is 0.844 bits per heavy atom. The van der Waals surface area contributed by atoms with Crippen LogP contribution in [0, 0.1) is 5.92 Å². The van der Waals surface area contributed by atoms with Gasteiger partial charge in [-0.2, -0.15) is 5.06 Å². The minimum atomic E-state index is -0.224. The third kappa shape index (κ3) is 3.79. The minimum absolute atomic E-state index is 0.144. The zero-order valence-electron chi connectivity index (χ0n) is 18.5. The van der Waals surface area contributed by atoms with Crippen LogP contribution in [0.3, 0.4) is 0 Å². The molecule has 162 valence electrons. The van der Waals surface area contributed by atoms with Crippen molar-refractivity contribution in [1.82, 2.24) is 9.96 Å². The average Bonchev–Trinajstić information content (AvgIpc) is 3.30. The van der Waals surface area contributed by atoms with Gasteiger partial charge in [0.15, 0.2) is 0 Å². The van der Waals surface area contributed by atoms with E-state index < -0.39 is 0 Å². The summed E-state index contributed by atoms with van der Waals surface area (Å²) >= 11 is 0. The first kappa shape index (κ1) is 20.7. The van der Waals surface area contributed by atoms with Crippen molar-refractivity contribution in [3.63, 3.8) is 0 Å². The smallest absolute Gasteiger partial charge is 0.0959 e. The molecule has 0 saturated carbocycles. The van der Waals surface area contributed by atoms with E-state index >= 15 is 0 Å². The van der Waals surface area contributed by atoms with Gasteiger partial charge in [-0.1, -0.05) is 103 Å². The summed E-state index contributed by atoms with van der Waals surface area (Å²) in [5, 5.41) is 2.28. The molecule has 32 heavy (non-hydrogen) atoms. The fourth-order valence-electron chi connectivity index (χ4n) is 5.22. The summed E-state index contributed by atoms with van der Waals surface area (Å²) in [4.78, 5) is 8.99. The third-order valence-electron chi connectivity index (χ3n) is 6.83. The topological polar surface area (TPSA) is 15.7 Å². The van der Waals surface area contributed by atoms with Gasteiger partial charge in [-0.05, 0) is 30.2 Å². The summed E-state index contributed by atoms with van der Waals surface area (Å²) in [5.41, 5.74) is 3.60. The molecule has 3 heteroatoms. The molecular formula is C29H30N2O. The normalized spacial score (nSPS) is 28.0. The van der Waals surface area contributed by atoms with Crippen LogP contribution < -0.4 is 0 Å². The van der Waals surface area contributed by atoms with Crippen molar-refractivity contribution in [2.24, 2.45) is 5.92 Å². The number of allylic oxidation sites excluding steroid dienone is 13. The number of hydroxylamine groups is 2. The lowest BCUT2D eigenvalue weighted by Crippen LogP contribution is -2.51. The van der Waals surface area contributed by atoms with E-state index in [1.807, 2.05) is 0 Å². The highest BCUT2D eigenvalue weighted by Gasteiger charge is 2.58. The first-order valence-electron chi connectivity index (χ1n) is 11.4. The Balaban J connectivity index is 1.56. The molecule has 3 nitrogen and oxygen atoms in total. The Hall–Kier alpha value is -3.14. The fraction of sp³-hybridized carbons (Fsp3) is 0.241. The predicted molar refractivity (Wildman–Crippen MR) is 131 cm³/mol. The molecule has 0 radical (unpaired) electrons. The molecule has 0 amide bonds. The molecule has 3 atom stereocenters. The van der Waals surface area contributed by atoms with Gasteiger partial charge < -0.3 is 4.90 Å². The molecule has 0 bridgehead atoms. The lowest BCUT2D eigenvalue weighted by Gasteiger charge is -2.41. The first-order valence-corrected chi connectivity index (χ1v) is 11.4. The molecule has 2 fully saturated rings. The Kier molecular flexibility index (Phi) is 5.93. The monoisotopic (exact) mass is 422 g/mol. The van der Waals surface area contributed by atoms with Crippen molar-refractivity contribution in [3.05, 3.63) is 132 Å². The molecular weight excluding hydrogens is 392 g/mol. The summed E-state index contributed by atoms with van der Waals surface area (Å²) < 4.78 is 0. The molecule has 3 unspecified atom stereocenters. The van der Waals surface area contributed by atoms with Crippen LogP contribution in [-0.4, -0.2) is 35.2 Å². The average molecular weight is 423 g/mol. The van der Waals surface area contributed by atoms with Gasteiger partial charge in [0.2, 0.25) is 0 Å². The van der Waals surface area contributed by atoms with Gasteiger partial charge in [0.1, 0.15) is 0 Å². The lowest BCUT2D eigenvalue weighted by atomic mass is 9.79. The summed E-state index contributed by atoms with van der Waals surface area (Å²) in [7, 11) is 0. The number of hydrogen-bond acceptors (Lipinski definition) is 3. The molecule has 2 aliphatic carbocycles. The zero-order valence-corrected chi connectivity index (χ0v) is 18.5. The molecule has 4 aliphatic rings. The molecule has 0 N–H and O–H groups in total. The number of nitrogens with zero attached hydrogens (tertiary/aromatic N) is 2. The van der Waals surface area contributed by atoms with Gasteiger partial charge in [0, 0.05) is 24.7 Å². The lowest BCUT2D eigenvalue weighted by molar-refractivity contribution is -0.182. The standard InChI is InChI=1S/C29H30N2O/c1-24(25-15-9-8-10-16-25)31-29(26-17-11-4-2-5-12-18-26)23-30(21-27(29)22-32-31)28-19-13-6-3-7-14-20-28/h2-20,24,27H,21-23H2,1H3. The van der Waals surface area contributed by atoms with Crippen molar-refractivity contribution in [1.29, 1.82) is 0 Å². The van der Waals surface area contributed by atoms with E-state index in [2.05, 4.69) is 132 Å². The maximum Gasteiger partial charge on any atom is 0.0959 e. The molecule has 2 aliphatic heterocycles. The van der Waals surface area contributed by atoms with Gasteiger partial charge in [-0.25, -0.2) is 0 Å². The van der Waals surface area contributed by atoms with Gasteiger partial charge >= 0.3 is 0 Å². The highest BCUT2D eigenvalue weighted by molar-refractivity contribution is 5.44. The van der Waals surface area contributed by atoms with E-state index in [-0.39, 0.29) is 11.6 Å². The molecule has 2 saturated heterocycles. The number of hydrogen-bond donors (Lipinski definition) is 0. The van der Waals surface area contributed by atoms with Crippen molar-refractivity contribution in [3.8, 4) is 0 Å². The fourth-order valence-corrected chi connectivity index (χ4v) is 5.22. The van der Waals surface area contributed by atoms with E-state index in [4.69, 9.17) is 4.84 Å². The largest absolute Gasteiger partial charge is 0.369 e. The number of likely N-dealkylation sites (tertiary alicyclic amines) is 1. The maximum atomic E-state index is 6.47. The third-order valence-corrected chi connectivity index (χ3v) is 6.83. The second kappa shape index (κ2) is 9.15. The van der Waals surface area contributed by atoms with Crippen LogP contribution in [0.15, 0.2) is 127 Å². The molecule has 1 aromatic carbocycles. The highest BCUT2D eigenvalue weighted by atomic mass is 16.7. The number of rotatable bonds is 4. The molecule has 5 rings (SSSR count). The van der Waals surface area contributed by atoms with Gasteiger partial charge in [0.05, 0.1) is 18.2 Å². The van der Waals surface area contributed by atoms with Crippen LogP contribution in [0.1, 0.15) is 18.5 Å². The van der Waals surface area contributed by atoms with E-state index in [1.165, 1.54) is 16.8 Å². The second-order valence-electron chi connectivity index (χ2n) is 8.68. The number of fused-ring (bicyclic) bond motifs is 1. The second-order valence-corrected chi connectivity index (χ2v) is 8.68. The van der Waals surface area contributed by atoms with Gasteiger partial charge in [-0.15, -0.1) is 0 Å². The Morgan fingerprint density at radius 3 is 2.34 bits per heavy atom. The molecule has 0 spiro atoms. The van der Waals surface area contributed by atoms with E-state index in [0.29, 0.717) is 5.92 Å².